The summed E-state index contributed by atoms with van der Waals surface area (Å²) in [7, 11) is 0. The maximum absolute atomic E-state index is 5.68. The van der Waals surface area contributed by atoms with Crippen LogP contribution in [-0.4, -0.2) is 9.97 Å². The van der Waals surface area contributed by atoms with Gasteiger partial charge in [-0.3, -0.25) is 9.97 Å². The molecule has 0 spiro atoms. The van der Waals surface area contributed by atoms with Crippen LogP contribution in [0.5, 0.6) is 0 Å². The molecule has 0 fully saturated rings. The van der Waals surface area contributed by atoms with Gasteiger partial charge < -0.3 is 5.73 Å². The third kappa shape index (κ3) is 1.03. The molecule has 0 unspecified atom stereocenters. The van der Waals surface area contributed by atoms with E-state index in [2.05, 4.69) is 9.97 Å². The third-order valence-electron chi connectivity index (χ3n) is 1.64. The monoisotopic (exact) mass is 161 g/mol. The molecule has 0 saturated heterocycles. The van der Waals surface area contributed by atoms with E-state index in [0.29, 0.717) is 5.82 Å². The van der Waals surface area contributed by atoms with Gasteiger partial charge in [0.15, 0.2) is 6.33 Å². The quantitative estimate of drug-likeness (QED) is 0.590. The highest BCUT2D eigenvalue weighted by atomic mass is 15.1. The summed E-state index contributed by atoms with van der Waals surface area (Å²) in [6.45, 7) is 0. The lowest BCUT2D eigenvalue weighted by molar-refractivity contribution is -0.579. The fourth-order valence-electron chi connectivity index (χ4n) is 1.06. The number of anilines is 1. The van der Waals surface area contributed by atoms with Gasteiger partial charge in [0.05, 0.1) is 6.20 Å². The number of nitrogen functional groups attached to an aromatic ring is 1. The van der Waals surface area contributed by atoms with Crippen LogP contribution < -0.4 is 10.3 Å². The van der Waals surface area contributed by atoms with Crippen molar-refractivity contribution in [3.05, 3.63) is 37.1 Å². The van der Waals surface area contributed by atoms with Gasteiger partial charge in [-0.05, 0) is 12.1 Å². The Balaban J connectivity index is 2.51. The van der Waals surface area contributed by atoms with Gasteiger partial charge in [0.25, 0.3) is 5.82 Å². The van der Waals surface area contributed by atoms with Crippen LogP contribution >= 0.6 is 0 Å². The highest BCUT2D eigenvalue weighted by molar-refractivity contribution is 5.23. The first kappa shape index (κ1) is 6.84. The second-order valence-electron chi connectivity index (χ2n) is 2.45. The number of aromatic amines is 1. The van der Waals surface area contributed by atoms with Crippen LogP contribution in [0, 0.1) is 0 Å². The standard InChI is InChI=1S/C8H8N4/c9-8-5-11-6-12(8)7-2-1-3-10-4-7/h1-6H,9H2/p+1. The molecule has 2 heterocycles. The van der Waals surface area contributed by atoms with Crippen LogP contribution in [0.15, 0.2) is 37.1 Å². The zero-order valence-corrected chi connectivity index (χ0v) is 6.44. The molecular formula is C8H9N4+. The molecular weight excluding hydrogens is 152 g/mol. The molecule has 0 aliphatic carbocycles. The molecule has 2 aromatic rings. The second-order valence-corrected chi connectivity index (χ2v) is 2.45. The predicted molar refractivity (Wildman–Crippen MR) is 44.5 cm³/mol. The van der Waals surface area contributed by atoms with Crippen molar-refractivity contribution in [1.29, 1.82) is 0 Å². The van der Waals surface area contributed by atoms with E-state index in [1.54, 1.807) is 24.9 Å². The zero-order chi connectivity index (χ0) is 8.39. The Morgan fingerprint density at radius 2 is 2.42 bits per heavy atom. The Morgan fingerprint density at radius 3 is 3.00 bits per heavy atom. The number of imidazole rings is 1. The molecule has 4 nitrogen and oxygen atoms in total. The summed E-state index contributed by atoms with van der Waals surface area (Å²) >= 11 is 0. The maximum Gasteiger partial charge on any atom is 0.255 e. The van der Waals surface area contributed by atoms with Gasteiger partial charge in [-0.25, -0.2) is 4.57 Å². The molecule has 60 valence electrons. The Kier molecular flexibility index (Phi) is 1.51. The summed E-state index contributed by atoms with van der Waals surface area (Å²) in [5.41, 5.74) is 6.63. The Bertz CT molecular complexity index is 366. The lowest BCUT2D eigenvalue weighted by atomic mass is 10.4. The van der Waals surface area contributed by atoms with Gasteiger partial charge in [-0.2, -0.15) is 0 Å². The van der Waals surface area contributed by atoms with Crippen molar-refractivity contribution in [2.75, 3.05) is 5.73 Å². The van der Waals surface area contributed by atoms with Crippen LogP contribution in [0.2, 0.25) is 0 Å². The smallest absolute Gasteiger partial charge is 0.255 e. The normalized spacial score (nSPS) is 10.0. The summed E-state index contributed by atoms with van der Waals surface area (Å²) in [6.07, 6.45) is 7.00. The van der Waals surface area contributed by atoms with E-state index < -0.39 is 0 Å². The average Bonchev–Trinajstić information content (AvgIpc) is 2.53. The topological polar surface area (TPSA) is 58.6 Å². The number of rotatable bonds is 1. The fourth-order valence-corrected chi connectivity index (χ4v) is 1.06. The van der Waals surface area contributed by atoms with E-state index in [9.17, 15) is 0 Å². The van der Waals surface area contributed by atoms with E-state index in [0.717, 1.165) is 5.69 Å². The molecule has 0 aromatic carbocycles. The number of hydrogen-bond acceptors (Lipinski definition) is 2. The summed E-state index contributed by atoms with van der Waals surface area (Å²) in [5.74, 6) is 0.669. The van der Waals surface area contributed by atoms with Crippen molar-refractivity contribution in [2.24, 2.45) is 0 Å². The van der Waals surface area contributed by atoms with Crippen molar-refractivity contribution in [3.63, 3.8) is 0 Å². The predicted octanol–water partition coefficient (Wildman–Crippen LogP) is 0.269. The number of nitrogens with one attached hydrogen (secondary N) is 1. The Morgan fingerprint density at radius 1 is 1.50 bits per heavy atom. The van der Waals surface area contributed by atoms with Crippen LogP contribution in [-0.2, 0) is 0 Å². The third-order valence-corrected chi connectivity index (χ3v) is 1.64. The van der Waals surface area contributed by atoms with E-state index in [-0.39, 0.29) is 0 Å². The van der Waals surface area contributed by atoms with Gasteiger partial charge in [0.1, 0.15) is 11.9 Å². The highest BCUT2D eigenvalue weighted by Gasteiger charge is 2.04. The van der Waals surface area contributed by atoms with E-state index in [4.69, 9.17) is 5.73 Å². The first-order valence-corrected chi connectivity index (χ1v) is 3.62. The number of aromatic nitrogens is 3. The largest absolute Gasteiger partial charge is 0.316 e. The molecule has 0 radical (unpaired) electrons. The van der Waals surface area contributed by atoms with Crippen molar-refractivity contribution >= 4 is 5.82 Å². The first-order chi connectivity index (χ1) is 5.88. The lowest BCUT2D eigenvalue weighted by Gasteiger charge is -1.95. The van der Waals surface area contributed by atoms with Gasteiger partial charge in [0, 0.05) is 6.20 Å². The van der Waals surface area contributed by atoms with E-state index in [1.807, 2.05) is 16.7 Å². The minimum atomic E-state index is 0.669. The van der Waals surface area contributed by atoms with Crippen molar-refractivity contribution < 1.29 is 4.57 Å². The molecule has 12 heavy (non-hydrogen) atoms. The van der Waals surface area contributed by atoms with Crippen molar-refractivity contribution in [3.8, 4) is 5.69 Å². The minimum absolute atomic E-state index is 0.669. The second kappa shape index (κ2) is 2.65. The number of hydrogen-bond donors (Lipinski definition) is 2. The molecule has 4 heteroatoms. The maximum atomic E-state index is 5.68. The van der Waals surface area contributed by atoms with Crippen LogP contribution in [0.25, 0.3) is 5.69 Å². The summed E-state index contributed by atoms with van der Waals surface area (Å²) in [5, 5.41) is 0. The van der Waals surface area contributed by atoms with Crippen LogP contribution in [0.1, 0.15) is 0 Å². The number of nitrogens with two attached hydrogens (primary N) is 1. The molecule has 3 N–H and O–H groups in total. The zero-order valence-electron chi connectivity index (χ0n) is 6.44. The molecule has 0 bridgehead atoms. The lowest BCUT2D eigenvalue weighted by Crippen LogP contribution is -2.31. The van der Waals surface area contributed by atoms with E-state index in [1.165, 1.54) is 0 Å². The molecule has 0 saturated carbocycles. The number of nitrogens with zero attached hydrogens (tertiary/aromatic N) is 2. The van der Waals surface area contributed by atoms with Gasteiger partial charge in [-0.15, -0.1) is 0 Å². The SMILES string of the molecule is Nc1c[nH]c[n+]1-c1cccnc1. The molecule has 0 amide bonds. The Labute approximate surface area is 69.7 Å². The molecule has 0 aliphatic rings. The summed E-state index contributed by atoms with van der Waals surface area (Å²) in [4.78, 5) is 6.90. The molecule has 2 aromatic heterocycles. The van der Waals surface area contributed by atoms with Gasteiger partial charge in [-0.1, -0.05) is 0 Å². The summed E-state index contributed by atoms with van der Waals surface area (Å²) in [6, 6.07) is 3.81. The number of H-pyrrole nitrogens is 1. The number of pyridine rings is 1. The molecule has 0 aliphatic heterocycles. The minimum Gasteiger partial charge on any atom is -0.316 e. The molecule has 0 atom stereocenters. The highest BCUT2D eigenvalue weighted by Crippen LogP contribution is 1.98. The van der Waals surface area contributed by atoms with Gasteiger partial charge >= 0.3 is 0 Å². The Hall–Kier alpha value is -1.84. The molecule has 2 rings (SSSR count). The van der Waals surface area contributed by atoms with E-state index >= 15 is 0 Å². The van der Waals surface area contributed by atoms with Crippen LogP contribution in [0.4, 0.5) is 5.82 Å². The summed E-state index contributed by atoms with van der Waals surface area (Å²) < 4.78 is 1.83. The van der Waals surface area contributed by atoms with Crippen molar-refractivity contribution in [1.82, 2.24) is 9.97 Å². The van der Waals surface area contributed by atoms with Crippen molar-refractivity contribution in [2.45, 2.75) is 0 Å². The fraction of sp³-hybridized carbons (Fsp3) is 0. The first-order valence-electron chi connectivity index (χ1n) is 3.62. The average molecular weight is 161 g/mol. The van der Waals surface area contributed by atoms with Gasteiger partial charge in [0.2, 0.25) is 0 Å². The van der Waals surface area contributed by atoms with Crippen LogP contribution in [0.3, 0.4) is 0 Å².